The molecule has 2 aromatic rings. The lowest BCUT2D eigenvalue weighted by Gasteiger charge is -2.18. The number of nitrogens with zero attached hydrogens (tertiary/aromatic N) is 1. The summed E-state index contributed by atoms with van der Waals surface area (Å²) in [7, 11) is 0. The van der Waals surface area contributed by atoms with Gasteiger partial charge in [0, 0.05) is 22.4 Å². The van der Waals surface area contributed by atoms with Gasteiger partial charge in [0.15, 0.2) is 0 Å². The van der Waals surface area contributed by atoms with Crippen LogP contribution in [0.15, 0.2) is 41.0 Å². The summed E-state index contributed by atoms with van der Waals surface area (Å²) in [6.45, 7) is 4.84. The normalized spacial score (nSPS) is 12.4. The molecule has 20 heavy (non-hydrogen) atoms. The highest BCUT2D eigenvalue weighted by Gasteiger charge is 2.14. The van der Waals surface area contributed by atoms with Gasteiger partial charge in [0.25, 0.3) is 0 Å². The predicted molar refractivity (Wildman–Crippen MR) is 83.2 cm³/mol. The second-order valence-corrected chi connectivity index (χ2v) is 5.70. The van der Waals surface area contributed by atoms with Gasteiger partial charge in [-0.25, -0.2) is 4.39 Å². The molecule has 1 aromatic heterocycles. The van der Waals surface area contributed by atoms with Crippen LogP contribution in [-0.2, 0) is 6.42 Å². The molecule has 0 aliphatic heterocycles. The van der Waals surface area contributed by atoms with Crippen LogP contribution < -0.4 is 5.32 Å². The molecular weight excluding hydrogens is 319 g/mol. The van der Waals surface area contributed by atoms with Gasteiger partial charge in [0.2, 0.25) is 0 Å². The summed E-state index contributed by atoms with van der Waals surface area (Å²) in [5.74, 6) is -0.178. The van der Waals surface area contributed by atoms with Crippen LogP contribution in [0.2, 0.25) is 0 Å². The van der Waals surface area contributed by atoms with Crippen molar-refractivity contribution in [3.8, 4) is 0 Å². The van der Waals surface area contributed by atoms with E-state index in [0.717, 1.165) is 22.3 Å². The zero-order chi connectivity index (χ0) is 14.5. The number of rotatable bonds is 5. The van der Waals surface area contributed by atoms with Crippen molar-refractivity contribution in [1.29, 1.82) is 0 Å². The van der Waals surface area contributed by atoms with Crippen molar-refractivity contribution in [2.45, 2.75) is 26.3 Å². The lowest BCUT2D eigenvalue weighted by molar-refractivity contribution is 0.526. The second-order valence-electron chi connectivity index (χ2n) is 4.78. The topological polar surface area (TPSA) is 24.9 Å². The number of pyridine rings is 1. The first-order valence-corrected chi connectivity index (χ1v) is 7.49. The SMILES string of the molecule is CCNC(Cc1ccc(Br)cc1F)c1ccc(C)nc1. The quantitative estimate of drug-likeness (QED) is 0.885. The predicted octanol–water partition coefficient (Wildman–Crippen LogP) is 4.18. The molecule has 0 amide bonds. The highest BCUT2D eigenvalue weighted by molar-refractivity contribution is 9.10. The average Bonchev–Trinajstić information content (AvgIpc) is 2.42. The number of hydrogen-bond acceptors (Lipinski definition) is 2. The van der Waals surface area contributed by atoms with Crippen molar-refractivity contribution in [1.82, 2.24) is 10.3 Å². The minimum atomic E-state index is -0.178. The Bertz CT molecular complexity index is 569. The van der Waals surface area contributed by atoms with Gasteiger partial charge in [-0.05, 0) is 49.2 Å². The Morgan fingerprint density at radius 3 is 2.70 bits per heavy atom. The fourth-order valence-corrected chi connectivity index (χ4v) is 2.48. The molecule has 0 fully saturated rings. The fourth-order valence-electron chi connectivity index (χ4n) is 2.15. The molecule has 1 heterocycles. The molecule has 4 heteroatoms. The van der Waals surface area contributed by atoms with E-state index in [9.17, 15) is 4.39 Å². The third-order valence-electron chi connectivity index (χ3n) is 3.23. The standard InChI is InChI=1S/C16H18BrFN2/c1-3-19-16(13-5-4-11(2)20-10-13)8-12-6-7-14(17)9-15(12)18/h4-7,9-10,16,19H,3,8H2,1-2H3. The summed E-state index contributed by atoms with van der Waals surface area (Å²) in [5, 5.41) is 3.39. The molecule has 2 rings (SSSR count). The Kier molecular flexibility index (Phi) is 5.26. The second kappa shape index (κ2) is 6.95. The Labute approximate surface area is 127 Å². The summed E-state index contributed by atoms with van der Waals surface area (Å²) < 4.78 is 14.7. The van der Waals surface area contributed by atoms with Gasteiger partial charge in [0.05, 0.1) is 0 Å². The van der Waals surface area contributed by atoms with Gasteiger partial charge in [-0.2, -0.15) is 0 Å². The summed E-state index contributed by atoms with van der Waals surface area (Å²) >= 11 is 3.28. The van der Waals surface area contributed by atoms with Crippen molar-refractivity contribution in [3.63, 3.8) is 0 Å². The Morgan fingerprint density at radius 2 is 2.10 bits per heavy atom. The van der Waals surface area contributed by atoms with Crippen molar-refractivity contribution < 1.29 is 4.39 Å². The minimum Gasteiger partial charge on any atom is -0.310 e. The van der Waals surface area contributed by atoms with E-state index < -0.39 is 0 Å². The third-order valence-corrected chi connectivity index (χ3v) is 3.72. The third kappa shape index (κ3) is 3.87. The average molecular weight is 337 g/mol. The van der Waals surface area contributed by atoms with Crippen LogP contribution in [0.4, 0.5) is 4.39 Å². The van der Waals surface area contributed by atoms with Crippen molar-refractivity contribution in [2.24, 2.45) is 0 Å². The summed E-state index contributed by atoms with van der Waals surface area (Å²) in [5.41, 5.74) is 2.78. The zero-order valence-electron chi connectivity index (χ0n) is 11.7. The monoisotopic (exact) mass is 336 g/mol. The number of aromatic nitrogens is 1. The van der Waals surface area contributed by atoms with Crippen LogP contribution in [-0.4, -0.2) is 11.5 Å². The highest BCUT2D eigenvalue weighted by Crippen LogP contribution is 2.22. The van der Waals surface area contributed by atoms with Gasteiger partial charge in [-0.1, -0.05) is 35.0 Å². The first-order chi connectivity index (χ1) is 9.60. The van der Waals surface area contributed by atoms with Crippen LogP contribution in [0.3, 0.4) is 0 Å². The Balaban J connectivity index is 2.22. The maximum atomic E-state index is 14.0. The molecule has 106 valence electrons. The van der Waals surface area contributed by atoms with E-state index in [2.05, 4.69) is 26.2 Å². The molecule has 1 atom stereocenters. The first-order valence-electron chi connectivity index (χ1n) is 6.70. The van der Waals surface area contributed by atoms with E-state index in [1.165, 1.54) is 6.07 Å². The van der Waals surface area contributed by atoms with E-state index in [4.69, 9.17) is 0 Å². The molecule has 0 saturated carbocycles. The molecule has 0 aliphatic rings. The maximum absolute atomic E-state index is 14.0. The lowest BCUT2D eigenvalue weighted by atomic mass is 9.99. The maximum Gasteiger partial charge on any atom is 0.127 e. The zero-order valence-corrected chi connectivity index (χ0v) is 13.2. The number of benzene rings is 1. The van der Waals surface area contributed by atoms with Gasteiger partial charge in [-0.15, -0.1) is 0 Å². The van der Waals surface area contributed by atoms with Gasteiger partial charge in [-0.3, -0.25) is 4.98 Å². The van der Waals surface area contributed by atoms with Crippen LogP contribution in [0.5, 0.6) is 0 Å². The number of likely N-dealkylation sites (N-methyl/N-ethyl adjacent to an activating group) is 1. The van der Waals surface area contributed by atoms with Crippen LogP contribution in [0.1, 0.15) is 29.8 Å². The van der Waals surface area contributed by atoms with Gasteiger partial charge < -0.3 is 5.32 Å². The molecule has 0 bridgehead atoms. The van der Waals surface area contributed by atoms with Crippen molar-refractivity contribution in [2.75, 3.05) is 6.54 Å². The minimum absolute atomic E-state index is 0.0729. The number of halogens is 2. The van der Waals surface area contributed by atoms with Crippen LogP contribution in [0.25, 0.3) is 0 Å². The first kappa shape index (κ1) is 15.1. The molecule has 1 N–H and O–H groups in total. The molecule has 1 aromatic carbocycles. The lowest BCUT2D eigenvalue weighted by Crippen LogP contribution is -2.23. The van der Waals surface area contributed by atoms with Gasteiger partial charge in [0.1, 0.15) is 5.82 Å². The number of hydrogen-bond donors (Lipinski definition) is 1. The summed E-state index contributed by atoms with van der Waals surface area (Å²) in [4.78, 5) is 4.32. The number of aryl methyl sites for hydroxylation is 1. The largest absolute Gasteiger partial charge is 0.310 e. The van der Waals surface area contributed by atoms with Crippen LogP contribution in [0, 0.1) is 12.7 Å². The fraction of sp³-hybridized carbons (Fsp3) is 0.312. The molecule has 2 nitrogen and oxygen atoms in total. The Morgan fingerprint density at radius 1 is 1.30 bits per heavy atom. The Hall–Kier alpha value is -1.26. The van der Waals surface area contributed by atoms with E-state index in [1.54, 1.807) is 0 Å². The van der Waals surface area contributed by atoms with E-state index in [0.29, 0.717) is 12.0 Å². The van der Waals surface area contributed by atoms with Crippen LogP contribution >= 0.6 is 15.9 Å². The molecule has 0 radical (unpaired) electrons. The summed E-state index contributed by atoms with van der Waals surface area (Å²) in [6.07, 6.45) is 2.47. The molecule has 0 saturated heterocycles. The summed E-state index contributed by atoms with van der Waals surface area (Å²) in [6, 6.07) is 9.31. The highest BCUT2D eigenvalue weighted by atomic mass is 79.9. The number of nitrogens with one attached hydrogen (secondary N) is 1. The van der Waals surface area contributed by atoms with E-state index >= 15 is 0 Å². The molecule has 1 unspecified atom stereocenters. The van der Waals surface area contributed by atoms with Crippen molar-refractivity contribution >= 4 is 15.9 Å². The smallest absolute Gasteiger partial charge is 0.127 e. The van der Waals surface area contributed by atoms with Gasteiger partial charge >= 0.3 is 0 Å². The molecule has 0 spiro atoms. The van der Waals surface area contributed by atoms with Crippen molar-refractivity contribution in [3.05, 3.63) is 63.6 Å². The molecular formula is C16H18BrFN2. The van der Waals surface area contributed by atoms with E-state index in [-0.39, 0.29) is 11.9 Å². The molecule has 0 aliphatic carbocycles. The van der Waals surface area contributed by atoms with E-state index in [1.807, 2.05) is 44.3 Å².